The molecule has 0 saturated heterocycles. The molecular formula is C20H40O3. The van der Waals surface area contributed by atoms with Crippen LogP contribution in [0.25, 0.3) is 0 Å². The monoisotopic (exact) mass is 328 g/mol. The van der Waals surface area contributed by atoms with Crippen LogP contribution in [0.2, 0.25) is 0 Å². The lowest BCUT2D eigenvalue weighted by Gasteiger charge is -2.13. The van der Waals surface area contributed by atoms with Crippen LogP contribution in [0.5, 0.6) is 0 Å². The predicted octanol–water partition coefficient (Wildman–Crippen LogP) is 4.74. The predicted molar refractivity (Wildman–Crippen MR) is 98.6 cm³/mol. The van der Waals surface area contributed by atoms with Crippen LogP contribution in [0.1, 0.15) is 96.3 Å². The summed E-state index contributed by atoms with van der Waals surface area (Å²) in [5.74, 6) is 0. The zero-order chi connectivity index (χ0) is 17.2. The van der Waals surface area contributed by atoms with Crippen LogP contribution in [0.15, 0.2) is 12.7 Å². The van der Waals surface area contributed by atoms with E-state index in [0.29, 0.717) is 6.42 Å². The average molecular weight is 329 g/mol. The van der Waals surface area contributed by atoms with Crippen molar-refractivity contribution in [2.75, 3.05) is 6.61 Å². The van der Waals surface area contributed by atoms with E-state index in [0.717, 1.165) is 19.3 Å². The molecule has 0 amide bonds. The van der Waals surface area contributed by atoms with Gasteiger partial charge in [-0.05, 0) is 19.3 Å². The first kappa shape index (κ1) is 22.6. The van der Waals surface area contributed by atoms with Crippen LogP contribution in [0.3, 0.4) is 0 Å². The van der Waals surface area contributed by atoms with Crippen molar-refractivity contribution in [1.29, 1.82) is 0 Å². The third-order valence-corrected chi connectivity index (χ3v) is 4.45. The van der Waals surface area contributed by atoms with E-state index in [-0.39, 0.29) is 6.61 Å². The normalized spacial score (nSPS) is 13.9. The molecule has 0 aliphatic heterocycles. The molecule has 0 aliphatic rings. The van der Waals surface area contributed by atoms with Gasteiger partial charge in [0.05, 0.1) is 18.8 Å². The molecule has 3 heteroatoms. The van der Waals surface area contributed by atoms with Gasteiger partial charge in [0, 0.05) is 6.42 Å². The van der Waals surface area contributed by atoms with Crippen LogP contribution < -0.4 is 0 Å². The van der Waals surface area contributed by atoms with Crippen LogP contribution >= 0.6 is 0 Å². The van der Waals surface area contributed by atoms with Crippen molar-refractivity contribution in [3.05, 3.63) is 12.7 Å². The molecule has 0 heterocycles. The molecule has 0 spiro atoms. The Morgan fingerprint density at radius 2 is 1.09 bits per heavy atom. The van der Waals surface area contributed by atoms with E-state index in [1.165, 1.54) is 70.6 Å². The molecule has 3 N–H and O–H groups in total. The fourth-order valence-electron chi connectivity index (χ4n) is 2.94. The summed E-state index contributed by atoms with van der Waals surface area (Å²) in [6.07, 6.45) is 18.6. The highest BCUT2D eigenvalue weighted by atomic mass is 16.3. The molecule has 0 fully saturated rings. The van der Waals surface area contributed by atoms with Gasteiger partial charge in [-0.1, -0.05) is 76.7 Å². The van der Waals surface area contributed by atoms with Crippen LogP contribution in [-0.4, -0.2) is 34.1 Å². The van der Waals surface area contributed by atoms with E-state index >= 15 is 0 Å². The fourth-order valence-corrected chi connectivity index (χ4v) is 2.94. The second-order valence-electron chi connectivity index (χ2n) is 6.83. The van der Waals surface area contributed by atoms with Gasteiger partial charge in [-0.2, -0.15) is 0 Å². The molecule has 138 valence electrons. The van der Waals surface area contributed by atoms with Crippen molar-refractivity contribution < 1.29 is 15.3 Å². The highest BCUT2D eigenvalue weighted by Crippen LogP contribution is 2.14. The van der Waals surface area contributed by atoms with Crippen LogP contribution in [0.4, 0.5) is 0 Å². The van der Waals surface area contributed by atoms with Crippen molar-refractivity contribution in [3.8, 4) is 0 Å². The summed E-state index contributed by atoms with van der Waals surface area (Å²) < 4.78 is 0. The molecule has 0 bridgehead atoms. The number of aliphatic hydroxyl groups is 3. The van der Waals surface area contributed by atoms with Crippen LogP contribution in [-0.2, 0) is 0 Å². The van der Waals surface area contributed by atoms with E-state index in [1.807, 2.05) is 6.08 Å². The lowest BCUT2D eigenvalue weighted by molar-refractivity contribution is 0.0380. The lowest BCUT2D eigenvalue weighted by atomic mass is 10.0. The van der Waals surface area contributed by atoms with E-state index in [9.17, 15) is 10.2 Å². The smallest absolute Gasteiger partial charge is 0.0795 e. The van der Waals surface area contributed by atoms with E-state index in [4.69, 9.17) is 5.11 Å². The standard InChI is InChI=1S/C20H40O3/c1-2-3-4-5-6-7-8-9-10-11-12-13-14-15-16-19(22)17-20(23)18-21/h2,19-23H,1,3-18H2/t19-,20+/m1/s1. The first-order valence-electron chi connectivity index (χ1n) is 9.78. The minimum Gasteiger partial charge on any atom is -0.394 e. The van der Waals surface area contributed by atoms with E-state index in [2.05, 4.69) is 6.58 Å². The molecule has 3 nitrogen and oxygen atoms in total. The average Bonchev–Trinajstić information content (AvgIpc) is 2.55. The van der Waals surface area contributed by atoms with Gasteiger partial charge in [-0.15, -0.1) is 6.58 Å². The van der Waals surface area contributed by atoms with Gasteiger partial charge in [0.2, 0.25) is 0 Å². The number of hydrogen-bond donors (Lipinski definition) is 3. The Labute approximate surface area is 143 Å². The third kappa shape index (κ3) is 17.8. The molecule has 0 unspecified atom stereocenters. The summed E-state index contributed by atoms with van der Waals surface area (Å²) in [6, 6.07) is 0. The molecule has 23 heavy (non-hydrogen) atoms. The SMILES string of the molecule is C=CCCCCCCCCCCCCCC[C@@H](O)C[C@H](O)CO. The molecule has 0 aromatic rings. The maximum atomic E-state index is 9.67. The highest BCUT2D eigenvalue weighted by molar-refractivity contribution is 4.65. The molecule has 0 rings (SSSR count). The van der Waals surface area contributed by atoms with Crippen molar-refractivity contribution in [2.45, 2.75) is 109 Å². The lowest BCUT2D eigenvalue weighted by Crippen LogP contribution is -2.20. The number of unbranched alkanes of at least 4 members (excludes halogenated alkanes) is 12. The summed E-state index contributed by atoms with van der Waals surface area (Å²) >= 11 is 0. The first-order valence-corrected chi connectivity index (χ1v) is 9.78. The van der Waals surface area contributed by atoms with E-state index < -0.39 is 12.2 Å². The maximum Gasteiger partial charge on any atom is 0.0795 e. The van der Waals surface area contributed by atoms with Crippen LogP contribution in [0, 0.1) is 0 Å². The van der Waals surface area contributed by atoms with Crippen molar-refractivity contribution >= 4 is 0 Å². The van der Waals surface area contributed by atoms with Gasteiger partial charge in [-0.3, -0.25) is 0 Å². The first-order chi connectivity index (χ1) is 11.2. The summed E-state index contributed by atoms with van der Waals surface area (Å²) in [5.41, 5.74) is 0. The van der Waals surface area contributed by atoms with E-state index in [1.54, 1.807) is 0 Å². The summed E-state index contributed by atoms with van der Waals surface area (Å²) in [5, 5.41) is 27.6. The van der Waals surface area contributed by atoms with Gasteiger partial charge in [0.15, 0.2) is 0 Å². The molecule has 0 radical (unpaired) electrons. The summed E-state index contributed by atoms with van der Waals surface area (Å²) in [4.78, 5) is 0. The third-order valence-electron chi connectivity index (χ3n) is 4.45. The fraction of sp³-hybridized carbons (Fsp3) is 0.900. The number of hydrogen-bond acceptors (Lipinski definition) is 3. The minimum atomic E-state index is -0.771. The Kier molecular flexibility index (Phi) is 17.7. The zero-order valence-electron chi connectivity index (χ0n) is 15.1. The minimum absolute atomic E-state index is 0.258. The Hall–Kier alpha value is -0.380. The Morgan fingerprint density at radius 1 is 0.652 bits per heavy atom. The second kappa shape index (κ2) is 18.0. The highest BCUT2D eigenvalue weighted by Gasteiger charge is 2.10. The summed E-state index contributed by atoms with van der Waals surface area (Å²) in [7, 11) is 0. The Bertz CT molecular complexity index is 243. The van der Waals surface area contributed by atoms with Gasteiger partial charge in [0.25, 0.3) is 0 Å². The number of allylic oxidation sites excluding steroid dienone is 1. The maximum absolute atomic E-state index is 9.67. The quantitative estimate of drug-likeness (QED) is 0.252. The molecule has 0 aliphatic carbocycles. The van der Waals surface area contributed by atoms with Crippen molar-refractivity contribution in [1.82, 2.24) is 0 Å². The number of rotatable bonds is 18. The van der Waals surface area contributed by atoms with Gasteiger partial charge < -0.3 is 15.3 Å². The van der Waals surface area contributed by atoms with Gasteiger partial charge in [0.1, 0.15) is 0 Å². The van der Waals surface area contributed by atoms with Crippen molar-refractivity contribution in [2.24, 2.45) is 0 Å². The Balaban J connectivity index is 3.11. The molecular weight excluding hydrogens is 288 g/mol. The van der Waals surface area contributed by atoms with Gasteiger partial charge in [-0.25, -0.2) is 0 Å². The summed E-state index contributed by atoms with van der Waals surface area (Å²) in [6.45, 7) is 3.49. The number of aliphatic hydroxyl groups excluding tert-OH is 3. The zero-order valence-corrected chi connectivity index (χ0v) is 15.1. The molecule has 0 aromatic carbocycles. The van der Waals surface area contributed by atoms with Gasteiger partial charge >= 0.3 is 0 Å². The topological polar surface area (TPSA) is 60.7 Å². The largest absolute Gasteiger partial charge is 0.394 e. The molecule has 2 atom stereocenters. The molecule has 0 aromatic heterocycles. The Morgan fingerprint density at radius 3 is 1.52 bits per heavy atom. The second-order valence-corrected chi connectivity index (χ2v) is 6.83. The van der Waals surface area contributed by atoms with Crippen molar-refractivity contribution in [3.63, 3.8) is 0 Å². The molecule has 0 saturated carbocycles.